The summed E-state index contributed by atoms with van der Waals surface area (Å²) in [6.45, 7) is 2.31. The predicted molar refractivity (Wildman–Crippen MR) is 238 cm³/mol. The van der Waals surface area contributed by atoms with Gasteiger partial charge in [-0.15, -0.1) is 0 Å². The second-order valence-electron chi connectivity index (χ2n) is 17.5. The van der Waals surface area contributed by atoms with Crippen molar-refractivity contribution in [2.24, 2.45) is 0 Å². The van der Waals surface area contributed by atoms with E-state index in [1.807, 2.05) is 0 Å². The Morgan fingerprint density at radius 2 is 0.308 bits per heavy atom. The molecule has 0 radical (unpaired) electrons. The maximum absolute atomic E-state index is 8.57. The maximum Gasteiger partial charge on any atom is 0.0621 e. The quantitative estimate of drug-likeness (QED) is 0.0573. The van der Waals surface area contributed by atoms with Crippen LogP contribution in [0, 0.1) is 11.3 Å². The van der Waals surface area contributed by atoms with E-state index in [9.17, 15) is 0 Å². The van der Waals surface area contributed by atoms with Crippen LogP contribution in [0.3, 0.4) is 0 Å². The van der Waals surface area contributed by atoms with Crippen LogP contribution < -0.4 is 0 Å². The minimum atomic E-state index is 0.750. The minimum Gasteiger partial charge on any atom is -0.198 e. The average molecular weight is 728 g/mol. The molecule has 310 valence electrons. The Morgan fingerprint density at radius 3 is 0.423 bits per heavy atom. The van der Waals surface area contributed by atoms with E-state index in [-0.39, 0.29) is 0 Å². The lowest BCUT2D eigenvalue weighted by atomic mass is 10.0. The molecule has 0 N–H and O–H groups in total. The van der Waals surface area contributed by atoms with Crippen LogP contribution in [0.15, 0.2) is 0 Å². The molecule has 1 heteroatoms. The van der Waals surface area contributed by atoms with Crippen LogP contribution in [-0.4, -0.2) is 0 Å². The highest BCUT2D eigenvalue weighted by atomic mass is 14.2. The number of unbranched alkanes of at least 4 members (excludes halogenated alkanes) is 48. The van der Waals surface area contributed by atoms with Gasteiger partial charge in [0.1, 0.15) is 0 Å². The van der Waals surface area contributed by atoms with Crippen LogP contribution in [-0.2, 0) is 0 Å². The summed E-state index contributed by atoms with van der Waals surface area (Å²) < 4.78 is 0. The highest BCUT2D eigenvalue weighted by Crippen LogP contribution is 2.18. The Morgan fingerprint density at radius 1 is 0.192 bits per heavy atom. The lowest BCUT2D eigenvalue weighted by molar-refractivity contribution is 0.508. The Labute approximate surface area is 331 Å². The van der Waals surface area contributed by atoms with Crippen LogP contribution >= 0.6 is 0 Å². The van der Waals surface area contributed by atoms with Crippen molar-refractivity contribution in [3.05, 3.63) is 0 Å². The number of hydrogen-bond donors (Lipinski definition) is 0. The van der Waals surface area contributed by atoms with Crippen LogP contribution in [0.4, 0.5) is 0 Å². The summed E-state index contributed by atoms with van der Waals surface area (Å²) in [6.07, 6.45) is 70.9. The first kappa shape index (κ1) is 51.5. The molecule has 0 amide bonds. The van der Waals surface area contributed by atoms with Gasteiger partial charge in [0.25, 0.3) is 0 Å². The third-order valence-corrected chi connectivity index (χ3v) is 12.1. The van der Waals surface area contributed by atoms with Crippen molar-refractivity contribution in [1.82, 2.24) is 0 Å². The van der Waals surface area contributed by atoms with Crippen molar-refractivity contribution in [1.29, 1.82) is 5.26 Å². The predicted octanol–water partition coefficient (Wildman–Crippen LogP) is 19.6. The number of nitrogens with zero attached hydrogens (tertiary/aromatic N) is 1. The zero-order valence-electron chi connectivity index (χ0n) is 36.6. The van der Waals surface area contributed by atoms with E-state index in [2.05, 4.69) is 13.0 Å². The molecule has 1 nitrogen and oxygen atoms in total. The lowest BCUT2D eigenvalue weighted by Gasteiger charge is -2.05. The summed E-state index contributed by atoms with van der Waals surface area (Å²) in [5.74, 6) is 0. The highest BCUT2D eigenvalue weighted by molar-refractivity contribution is 4.67. The Balaban J connectivity index is 3.05. The molecule has 0 aromatic heterocycles. The van der Waals surface area contributed by atoms with Crippen LogP contribution in [0.5, 0.6) is 0 Å². The van der Waals surface area contributed by atoms with Crippen molar-refractivity contribution < 1.29 is 0 Å². The molecule has 0 saturated carbocycles. The number of hydrogen-bond acceptors (Lipinski definition) is 1. The van der Waals surface area contributed by atoms with Gasteiger partial charge in [0.05, 0.1) is 6.07 Å². The molecule has 0 fully saturated rings. The molecule has 0 aliphatic rings. The van der Waals surface area contributed by atoms with Crippen LogP contribution in [0.25, 0.3) is 0 Å². The monoisotopic (exact) mass is 728 g/mol. The van der Waals surface area contributed by atoms with Gasteiger partial charge in [0, 0.05) is 6.42 Å². The van der Waals surface area contributed by atoms with Gasteiger partial charge in [0.2, 0.25) is 0 Å². The highest BCUT2D eigenvalue weighted by Gasteiger charge is 1.99. The summed E-state index contributed by atoms with van der Waals surface area (Å²) in [5, 5.41) is 8.57. The molecule has 0 spiro atoms. The van der Waals surface area contributed by atoms with Gasteiger partial charge in [0.15, 0.2) is 0 Å². The Bertz CT molecular complexity index is 634. The summed E-state index contributed by atoms with van der Waals surface area (Å²) in [5.41, 5.74) is 0. The maximum atomic E-state index is 8.57. The average Bonchev–Trinajstić information content (AvgIpc) is 3.16. The molecule has 0 bridgehead atoms. The zero-order chi connectivity index (χ0) is 37.4. The van der Waals surface area contributed by atoms with Crippen molar-refractivity contribution in [3.8, 4) is 6.07 Å². The van der Waals surface area contributed by atoms with Crippen molar-refractivity contribution in [3.63, 3.8) is 0 Å². The largest absolute Gasteiger partial charge is 0.198 e. The summed E-state index contributed by atoms with van der Waals surface area (Å²) in [6, 6.07) is 2.25. The molecule has 0 unspecified atom stereocenters. The summed E-state index contributed by atoms with van der Waals surface area (Å²) in [7, 11) is 0. The van der Waals surface area contributed by atoms with Crippen molar-refractivity contribution in [2.45, 2.75) is 322 Å². The second kappa shape index (κ2) is 50.5. The fourth-order valence-electron chi connectivity index (χ4n) is 8.41. The van der Waals surface area contributed by atoms with Gasteiger partial charge in [-0.1, -0.05) is 309 Å². The van der Waals surface area contributed by atoms with Gasteiger partial charge < -0.3 is 0 Å². The van der Waals surface area contributed by atoms with E-state index in [0.29, 0.717) is 0 Å². The van der Waals surface area contributed by atoms with Gasteiger partial charge in [-0.25, -0.2) is 0 Å². The third kappa shape index (κ3) is 49.5. The van der Waals surface area contributed by atoms with E-state index < -0.39 is 0 Å². The molecular formula is C51H101N. The van der Waals surface area contributed by atoms with E-state index in [4.69, 9.17) is 5.26 Å². The molecular weight excluding hydrogens is 627 g/mol. The Kier molecular flexibility index (Phi) is 50.0. The van der Waals surface area contributed by atoms with Gasteiger partial charge in [-0.3, -0.25) is 0 Å². The molecule has 0 aromatic carbocycles. The summed E-state index contributed by atoms with van der Waals surface area (Å²) in [4.78, 5) is 0. The van der Waals surface area contributed by atoms with E-state index in [1.165, 1.54) is 302 Å². The van der Waals surface area contributed by atoms with Gasteiger partial charge in [-0.05, 0) is 6.42 Å². The van der Waals surface area contributed by atoms with E-state index in [0.717, 1.165) is 12.8 Å². The first-order chi connectivity index (χ1) is 25.9. The fourth-order valence-corrected chi connectivity index (χ4v) is 8.41. The van der Waals surface area contributed by atoms with Crippen molar-refractivity contribution in [2.75, 3.05) is 0 Å². The van der Waals surface area contributed by atoms with Gasteiger partial charge >= 0.3 is 0 Å². The smallest absolute Gasteiger partial charge is 0.0621 e. The van der Waals surface area contributed by atoms with E-state index >= 15 is 0 Å². The lowest BCUT2D eigenvalue weighted by Crippen LogP contribution is -1.85. The second-order valence-corrected chi connectivity index (χ2v) is 17.5. The molecule has 0 rings (SSSR count). The molecule has 0 heterocycles. The fraction of sp³-hybridized carbons (Fsp3) is 0.980. The topological polar surface area (TPSA) is 23.8 Å². The SMILES string of the molecule is CCCCCCCCCCCCCCCCCCCCCCCCCCCCCCCCCCCCCCCCCCCCCCCCCCC#N. The minimum absolute atomic E-state index is 0.750. The number of rotatable bonds is 48. The van der Waals surface area contributed by atoms with E-state index in [1.54, 1.807) is 0 Å². The standard InChI is InChI=1S/C51H101N/c1-2-3-4-5-6-7-8-9-10-11-12-13-14-15-16-17-18-19-20-21-22-23-24-25-26-27-28-29-30-31-32-33-34-35-36-37-38-39-40-41-42-43-44-45-46-47-48-49-50-51-52/h2-50H2,1H3. The molecule has 0 saturated heterocycles. The normalized spacial score (nSPS) is 11.5. The van der Waals surface area contributed by atoms with Crippen LogP contribution in [0.1, 0.15) is 322 Å². The third-order valence-electron chi connectivity index (χ3n) is 12.1. The zero-order valence-corrected chi connectivity index (χ0v) is 36.6. The van der Waals surface area contributed by atoms with Gasteiger partial charge in [-0.2, -0.15) is 5.26 Å². The molecule has 0 aliphatic carbocycles. The van der Waals surface area contributed by atoms with Crippen molar-refractivity contribution >= 4 is 0 Å². The van der Waals surface area contributed by atoms with Crippen LogP contribution in [0.2, 0.25) is 0 Å². The number of nitriles is 1. The Hall–Kier alpha value is -0.510. The molecule has 0 aliphatic heterocycles. The summed E-state index contributed by atoms with van der Waals surface area (Å²) >= 11 is 0. The first-order valence-corrected chi connectivity index (χ1v) is 25.3. The molecule has 0 aromatic rings. The first-order valence-electron chi connectivity index (χ1n) is 25.3. The molecule has 52 heavy (non-hydrogen) atoms. The molecule has 0 atom stereocenters.